The van der Waals surface area contributed by atoms with Gasteiger partial charge in [0.05, 0.1) is 19.4 Å². The van der Waals surface area contributed by atoms with Crippen LogP contribution in [0.4, 0.5) is 0 Å². The molecule has 0 fully saturated rings. The van der Waals surface area contributed by atoms with Crippen LogP contribution in [-0.4, -0.2) is 17.8 Å². The summed E-state index contributed by atoms with van der Waals surface area (Å²) >= 11 is 6.25. The Hall–Kier alpha value is -2.92. The Balaban J connectivity index is 1.59. The van der Waals surface area contributed by atoms with E-state index in [1.165, 1.54) is 0 Å². The maximum absolute atomic E-state index is 6.31. The lowest BCUT2D eigenvalue weighted by Crippen LogP contribution is -2.33. The summed E-state index contributed by atoms with van der Waals surface area (Å²) in [5.41, 5.74) is 2.95. The van der Waals surface area contributed by atoms with E-state index < -0.39 is 0 Å². The predicted molar refractivity (Wildman–Crippen MR) is 102 cm³/mol. The standard InChI is InChI=1S/C21H17ClN2O3/c1-25-15-7-4-13(5-8-15)21-24-18(12-17(23-24)20-3-2-10-26-20)16-11-14(22)6-9-19(16)27-21/h2-11,18,21H,12H2,1H3. The van der Waals surface area contributed by atoms with Crippen molar-refractivity contribution < 1.29 is 13.9 Å². The number of benzene rings is 2. The Morgan fingerprint density at radius 2 is 2.00 bits per heavy atom. The first-order chi connectivity index (χ1) is 13.2. The van der Waals surface area contributed by atoms with Crippen molar-refractivity contribution in [1.29, 1.82) is 0 Å². The molecule has 2 atom stereocenters. The highest BCUT2D eigenvalue weighted by Crippen LogP contribution is 2.48. The molecule has 0 N–H and O–H groups in total. The molecule has 0 amide bonds. The molecule has 2 aliphatic heterocycles. The van der Waals surface area contributed by atoms with E-state index in [1.54, 1.807) is 13.4 Å². The van der Waals surface area contributed by atoms with Gasteiger partial charge in [0.25, 0.3) is 0 Å². The number of halogens is 1. The average molecular weight is 381 g/mol. The quantitative estimate of drug-likeness (QED) is 0.627. The maximum atomic E-state index is 6.31. The summed E-state index contributed by atoms with van der Waals surface area (Å²) in [6, 6.07) is 17.4. The van der Waals surface area contributed by atoms with E-state index in [0.29, 0.717) is 5.02 Å². The minimum absolute atomic E-state index is 0.0413. The molecule has 3 heterocycles. The van der Waals surface area contributed by atoms with Gasteiger partial charge in [0.1, 0.15) is 23.0 Å². The number of fused-ring (bicyclic) bond motifs is 3. The lowest BCUT2D eigenvalue weighted by molar-refractivity contribution is -0.0190. The van der Waals surface area contributed by atoms with Gasteiger partial charge < -0.3 is 13.9 Å². The van der Waals surface area contributed by atoms with E-state index in [0.717, 1.165) is 40.5 Å². The lowest BCUT2D eigenvalue weighted by Gasteiger charge is -2.38. The zero-order valence-electron chi connectivity index (χ0n) is 14.6. The van der Waals surface area contributed by atoms with Gasteiger partial charge in [-0.2, -0.15) is 5.10 Å². The lowest BCUT2D eigenvalue weighted by atomic mass is 9.97. The van der Waals surface area contributed by atoms with Crippen LogP contribution in [0.2, 0.25) is 5.02 Å². The van der Waals surface area contributed by atoms with Gasteiger partial charge in [0.2, 0.25) is 6.23 Å². The van der Waals surface area contributed by atoms with Crippen LogP contribution in [0, 0.1) is 0 Å². The van der Waals surface area contributed by atoms with Crippen molar-refractivity contribution in [3.8, 4) is 11.5 Å². The van der Waals surface area contributed by atoms with Crippen molar-refractivity contribution >= 4 is 17.3 Å². The van der Waals surface area contributed by atoms with E-state index >= 15 is 0 Å². The summed E-state index contributed by atoms with van der Waals surface area (Å²) in [6.07, 6.45) is 2.07. The van der Waals surface area contributed by atoms with Gasteiger partial charge in [-0.15, -0.1) is 0 Å². The Kier molecular flexibility index (Phi) is 3.83. The molecular formula is C21H17ClN2O3. The summed E-state index contributed by atoms with van der Waals surface area (Å²) in [5, 5.41) is 7.52. The van der Waals surface area contributed by atoms with E-state index in [2.05, 4.69) is 0 Å². The molecule has 136 valence electrons. The molecule has 6 heteroatoms. The maximum Gasteiger partial charge on any atom is 0.213 e. The summed E-state index contributed by atoms with van der Waals surface area (Å²) in [5.74, 6) is 2.42. The Morgan fingerprint density at radius 1 is 1.15 bits per heavy atom. The van der Waals surface area contributed by atoms with Gasteiger partial charge in [-0.1, -0.05) is 11.6 Å². The molecule has 3 aromatic rings. The molecule has 1 aromatic heterocycles. The van der Waals surface area contributed by atoms with E-state index in [4.69, 9.17) is 30.6 Å². The third-order valence-electron chi connectivity index (χ3n) is 4.96. The number of hydrogen-bond acceptors (Lipinski definition) is 5. The molecule has 27 heavy (non-hydrogen) atoms. The van der Waals surface area contributed by atoms with Crippen LogP contribution in [0.3, 0.4) is 0 Å². The smallest absolute Gasteiger partial charge is 0.213 e. The van der Waals surface area contributed by atoms with Crippen LogP contribution in [0.1, 0.15) is 35.6 Å². The molecular weight excluding hydrogens is 364 g/mol. The Bertz CT molecular complexity index is 999. The van der Waals surface area contributed by atoms with Crippen LogP contribution < -0.4 is 9.47 Å². The van der Waals surface area contributed by atoms with Crippen molar-refractivity contribution in [2.45, 2.75) is 18.7 Å². The Morgan fingerprint density at radius 3 is 2.74 bits per heavy atom. The van der Waals surface area contributed by atoms with Crippen LogP contribution >= 0.6 is 11.6 Å². The molecule has 0 bridgehead atoms. The van der Waals surface area contributed by atoms with Crippen molar-refractivity contribution in [1.82, 2.24) is 5.01 Å². The van der Waals surface area contributed by atoms with Gasteiger partial charge in [0, 0.05) is 22.6 Å². The average Bonchev–Trinajstić information content (AvgIpc) is 3.37. The van der Waals surface area contributed by atoms with Gasteiger partial charge in [-0.05, 0) is 54.6 Å². The molecule has 5 nitrogen and oxygen atoms in total. The topological polar surface area (TPSA) is 47.2 Å². The van der Waals surface area contributed by atoms with Gasteiger partial charge in [-0.25, -0.2) is 5.01 Å². The fourth-order valence-corrected chi connectivity index (χ4v) is 3.82. The van der Waals surface area contributed by atoms with Crippen LogP contribution in [-0.2, 0) is 0 Å². The summed E-state index contributed by atoms with van der Waals surface area (Å²) in [6.45, 7) is 0. The molecule has 2 aromatic carbocycles. The van der Waals surface area contributed by atoms with Gasteiger partial charge in [-0.3, -0.25) is 0 Å². The summed E-state index contributed by atoms with van der Waals surface area (Å²) in [7, 11) is 1.66. The van der Waals surface area contributed by atoms with Crippen molar-refractivity contribution in [2.75, 3.05) is 7.11 Å². The highest BCUT2D eigenvalue weighted by Gasteiger charge is 2.41. The van der Waals surface area contributed by atoms with E-state index in [1.807, 2.05) is 59.6 Å². The first-order valence-corrected chi connectivity index (χ1v) is 9.10. The minimum Gasteiger partial charge on any atom is -0.497 e. The first-order valence-electron chi connectivity index (χ1n) is 8.72. The molecule has 2 aliphatic rings. The fourth-order valence-electron chi connectivity index (χ4n) is 3.64. The third-order valence-corrected chi connectivity index (χ3v) is 5.19. The number of methoxy groups -OCH3 is 1. The summed E-state index contributed by atoms with van der Waals surface area (Å²) in [4.78, 5) is 0. The number of rotatable bonds is 3. The SMILES string of the molecule is COc1ccc(C2Oc3ccc(Cl)cc3C3CC(c4ccco4)=NN32)cc1. The zero-order chi connectivity index (χ0) is 18.4. The first kappa shape index (κ1) is 16.3. The normalized spacial score (nSPS) is 20.5. The molecule has 0 spiro atoms. The molecule has 2 unspecified atom stereocenters. The fraction of sp³-hybridized carbons (Fsp3) is 0.190. The summed E-state index contributed by atoms with van der Waals surface area (Å²) < 4.78 is 17.1. The molecule has 0 aliphatic carbocycles. The van der Waals surface area contributed by atoms with Crippen molar-refractivity contribution in [3.63, 3.8) is 0 Å². The second-order valence-corrected chi connectivity index (χ2v) is 6.99. The molecule has 5 rings (SSSR count). The number of furan rings is 1. The zero-order valence-corrected chi connectivity index (χ0v) is 15.4. The molecule has 0 saturated heterocycles. The third kappa shape index (κ3) is 2.75. The minimum atomic E-state index is -0.331. The second kappa shape index (κ2) is 6.35. The van der Waals surface area contributed by atoms with Crippen molar-refractivity contribution in [3.05, 3.63) is 82.8 Å². The predicted octanol–water partition coefficient (Wildman–Crippen LogP) is 5.18. The van der Waals surface area contributed by atoms with Crippen LogP contribution in [0.25, 0.3) is 0 Å². The van der Waals surface area contributed by atoms with E-state index in [9.17, 15) is 0 Å². The number of hydrogen-bond donors (Lipinski definition) is 0. The molecule has 0 radical (unpaired) electrons. The molecule has 0 saturated carbocycles. The largest absolute Gasteiger partial charge is 0.497 e. The monoisotopic (exact) mass is 380 g/mol. The highest BCUT2D eigenvalue weighted by molar-refractivity contribution is 6.30. The van der Waals surface area contributed by atoms with E-state index in [-0.39, 0.29) is 12.3 Å². The van der Waals surface area contributed by atoms with Crippen molar-refractivity contribution in [2.24, 2.45) is 5.10 Å². The highest BCUT2D eigenvalue weighted by atomic mass is 35.5. The number of nitrogens with zero attached hydrogens (tertiary/aromatic N) is 2. The van der Waals surface area contributed by atoms with Gasteiger partial charge >= 0.3 is 0 Å². The van der Waals surface area contributed by atoms with Crippen LogP contribution in [0.5, 0.6) is 11.5 Å². The second-order valence-electron chi connectivity index (χ2n) is 6.55. The van der Waals surface area contributed by atoms with Gasteiger partial charge in [0.15, 0.2) is 0 Å². The Labute approximate surface area is 161 Å². The number of hydrazone groups is 1. The number of ether oxygens (including phenoxy) is 2. The van der Waals surface area contributed by atoms with Crippen LogP contribution in [0.15, 0.2) is 70.4 Å².